The van der Waals surface area contributed by atoms with Crippen LogP contribution in [0, 0.1) is 17.6 Å². The minimum absolute atomic E-state index is 0.0683. The topological polar surface area (TPSA) is 68.3 Å². The summed E-state index contributed by atoms with van der Waals surface area (Å²) in [5.74, 6) is -2.24. The van der Waals surface area contributed by atoms with Gasteiger partial charge >= 0.3 is 5.97 Å². The van der Waals surface area contributed by atoms with Crippen LogP contribution in [-0.2, 0) is 0 Å². The summed E-state index contributed by atoms with van der Waals surface area (Å²) in [4.78, 5) is 20.7. The van der Waals surface area contributed by atoms with Crippen LogP contribution in [0.25, 0.3) is 0 Å². The summed E-state index contributed by atoms with van der Waals surface area (Å²) in [7, 11) is 0. The van der Waals surface area contributed by atoms with Crippen LogP contribution < -0.4 is 5.18 Å². The van der Waals surface area contributed by atoms with Gasteiger partial charge < -0.3 is 5.11 Å². The van der Waals surface area contributed by atoms with Crippen molar-refractivity contribution in [3.8, 4) is 0 Å². The molecule has 0 aromatic heterocycles. The zero-order chi connectivity index (χ0) is 10.0. The number of hydrogen-bond donors (Lipinski definition) is 2. The summed E-state index contributed by atoms with van der Waals surface area (Å²) in [6, 6.07) is 1.98. The maximum Gasteiger partial charge on any atom is 0.338 e. The predicted molar refractivity (Wildman–Crippen MR) is 42.1 cm³/mol. The van der Waals surface area contributed by atoms with Crippen LogP contribution in [0.4, 0.5) is 10.1 Å². The molecule has 4 nitrogen and oxygen atoms in total. The Hall–Kier alpha value is -1.78. The molecule has 1 aromatic carbocycles. The van der Waals surface area contributed by atoms with Crippen LogP contribution in [0.2, 0.25) is 0 Å². The van der Waals surface area contributed by atoms with Crippen molar-refractivity contribution in [2.75, 3.05) is 0 Å². The fraction of sp³-hybridized carbons (Fsp3) is 0.125. The van der Waals surface area contributed by atoms with E-state index in [1.807, 2.05) is 0 Å². The number of carboxylic acids is 1. The molecule has 0 bridgehead atoms. The van der Waals surface area contributed by atoms with E-state index in [4.69, 9.17) is 5.11 Å². The number of halogens is 1. The molecule has 2 N–H and O–H groups in total. The lowest BCUT2D eigenvalue weighted by atomic mass is 10.1. The molecule has 0 atom stereocenters. The molecule has 13 heavy (non-hydrogen) atoms. The molecule has 0 saturated carbocycles. The minimum atomic E-state index is -1.39. The van der Waals surface area contributed by atoms with Crippen molar-refractivity contribution in [2.24, 2.45) is 0 Å². The molecule has 0 saturated heterocycles. The third-order valence-electron chi connectivity index (χ3n) is 1.65. The first-order chi connectivity index (χ1) is 6.06. The average molecular weight is 184 g/mol. The molecular formula is C8H7FNO3+. The van der Waals surface area contributed by atoms with E-state index in [1.165, 1.54) is 12.1 Å². The van der Waals surface area contributed by atoms with Crippen LogP contribution in [-0.4, -0.2) is 11.1 Å². The van der Waals surface area contributed by atoms with Crippen molar-refractivity contribution in [1.29, 1.82) is 0 Å². The third kappa shape index (κ3) is 1.69. The number of carboxylic acid groups (broad SMARTS) is 1. The van der Waals surface area contributed by atoms with E-state index in [9.17, 15) is 14.1 Å². The first kappa shape index (κ1) is 9.31. The first-order valence-corrected chi connectivity index (χ1v) is 3.48. The molecule has 0 fully saturated rings. The van der Waals surface area contributed by atoms with Crippen molar-refractivity contribution >= 4 is 11.7 Å². The molecule has 0 aliphatic heterocycles. The Morgan fingerprint density at radius 2 is 2.15 bits per heavy atom. The van der Waals surface area contributed by atoms with Crippen molar-refractivity contribution < 1.29 is 19.5 Å². The Labute approximate surface area is 73.0 Å². The summed E-state index contributed by atoms with van der Waals surface area (Å²) in [5.41, 5.74) is -0.0692. The molecule has 0 unspecified atom stereocenters. The number of nitroso groups, excluding NO2 is 1. The van der Waals surface area contributed by atoms with E-state index in [0.717, 1.165) is 12.1 Å². The van der Waals surface area contributed by atoms with Crippen molar-refractivity contribution in [1.82, 2.24) is 0 Å². The van der Waals surface area contributed by atoms with Crippen LogP contribution >= 0.6 is 0 Å². The number of hydrogen-bond acceptors (Lipinski definition) is 2. The molecule has 0 amide bonds. The van der Waals surface area contributed by atoms with Crippen LogP contribution in [0.3, 0.4) is 0 Å². The SMILES string of the molecule is Cc1cc(F)c(C(=O)O)cc1[NH+]=O. The monoisotopic (exact) mass is 184 g/mol. The second kappa shape index (κ2) is 3.30. The predicted octanol–water partition coefficient (Wildman–Crippen LogP) is 0.311. The maximum absolute atomic E-state index is 12.9. The fourth-order valence-corrected chi connectivity index (χ4v) is 0.947. The van der Waals surface area contributed by atoms with E-state index in [2.05, 4.69) is 0 Å². The Kier molecular flexibility index (Phi) is 2.36. The number of rotatable bonds is 2. The molecule has 68 valence electrons. The summed E-state index contributed by atoms with van der Waals surface area (Å²) in [6.07, 6.45) is 0. The number of carbonyl (C=O) groups is 1. The lowest BCUT2D eigenvalue weighted by molar-refractivity contribution is -0.380. The van der Waals surface area contributed by atoms with E-state index in [1.54, 1.807) is 0 Å². The van der Waals surface area contributed by atoms with Crippen molar-refractivity contribution in [3.05, 3.63) is 34.0 Å². The lowest BCUT2D eigenvalue weighted by Crippen LogP contribution is -2.56. The van der Waals surface area contributed by atoms with Gasteiger partial charge in [-0.05, 0) is 13.0 Å². The van der Waals surface area contributed by atoms with E-state index >= 15 is 0 Å². The fourth-order valence-electron chi connectivity index (χ4n) is 0.947. The number of aromatic carboxylic acids is 1. The Balaban J connectivity index is 3.38. The van der Waals surface area contributed by atoms with Gasteiger partial charge in [0, 0.05) is 21.7 Å². The summed E-state index contributed by atoms with van der Waals surface area (Å²) < 4.78 is 12.9. The normalized spacial score (nSPS) is 9.69. The van der Waals surface area contributed by atoms with Crippen LogP contribution in [0.15, 0.2) is 12.1 Å². The number of nitrogens with one attached hydrogen (secondary N) is 1. The van der Waals surface area contributed by atoms with Gasteiger partial charge in [-0.3, -0.25) is 0 Å². The number of aryl methyl sites for hydroxylation is 1. The molecule has 0 radical (unpaired) electrons. The van der Waals surface area contributed by atoms with Gasteiger partial charge in [0.2, 0.25) is 0 Å². The highest BCUT2D eigenvalue weighted by molar-refractivity contribution is 5.88. The molecule has 0 aliphatic rings. The second-order valence-corrected chi connectivity index (χ2v) is 2.55. The lowest BCUT2D eigenvalue weighted by Gasteiger charge is -1.97. The maximum atomic E-state index is 12.9. The molecule has 5 heteroatoms. The molecule has 0 spiro atoms. The molecule has 0 heterocycles. The van der Waals surface area contributed by atoms with Gasteiger partial charge in [0.25, 0.3) is 5.69 Å². The highest BCUT2D eigenvalue weighted by atomic mass is 19.1. The van der Waals surface area contributed by atoms with Gasteiger partial charge in [-0.2, -0.15) is 0 Å². The highest BCUT2D eigenvalue weighted by Gasteiger charge is 2.16. The highest BCUT2D eigenvalue weighted by Crippen LogP contribution is 2.15. The van der Waals surface area contributed by atoms with Crippen molar-refractivity contribution in [3.63, 3.8) is 0 Å². The second-order valence-electron chi connectivity index (χ2n) is 2.55. The van der Waals surface area contributed by atoms with Crippen LogP contribution in [0.1, 0.15) is 15.9 Å². The Bertz CT molecular complexity index is 376. The molecule has 1 aromatic rings. The minimum Gasteiger partial charge on any atom is -0.478 e. The zero-order valence-electron chi connectivity index (χ0n) is 6.80. The molecule has 0 aliphatic carbocycles. The van der Waals surface area contributed by atoms with Gasteiger partial charge in [0.05, 0.1) is 0 Å². The molecular weight excluding hydrogens is 177 g/mol. The summed E-state index contributed by atoms with van der Waals surface area (Å²) >= 11 is 0. The van der Waals surface area contributed by atoms with E-state index in [-0.39, 0.29) is 5.69 Å². The Morgan fingerprint density at radius 3 is 2.62 bits per heavy atom. The summed E-state index contributed by atoms with van der Waals surface area (Å²) in [6.45, 7) is 1.51. The van der Waals surface area contributed by atoms with Gasteiger partial charge in [-0.1, -0.05) is 0 Å². The van der Waals surface area contributed by atoms with E-state index in [0.29, 0.717) is 5.56 Å². The van der Waals surface area contributed by atoms with Gasteiger partial charge in [-0.15, -0.1) is 0 Å². The Morgan fingerprint density at radius 1 is 1.54 bits per heavy atom. The standard InChI is InChI=1S/C8H6FNO3/c1-4-2-6(9)5(8(11)12)3-7(4)10-13/h2-3H,1H3,(H,11,12)/p+1. The summed E-state index contributed by atoms with van der Waals surface area (Å²) in [5, 5.41) is 10.0. The van der Waals surface area contributed by atoms with Crippen LogP contribution in [0.5, 0.6) is 0 Å². The largest absolute Gasteiger partial charge is 0.478 e. The van der Waals surface area contributed by atoms with Crippen molar-refractivity contribution in [2.45, 2.75) is 6.92 Å². The molecule has 1 rings (SSSR count). The zero-order valence-corrected chi connectivity index (χ0v) is 6.80. The number of benzene rings is 1. The third-order valence-corrected chi connectivity index (χ3v) is 1.65. The van der Waals surface area contributed by atoms with Gasteiger partial charge in [0.1, 0.15) is 11.4 Å². The van der Waals surface area contributed by atoms with Gasteiger partial charge in [-0.25, -0.2) is 9.18 Å². The van der Waals surface area contributed by atoms with Gasteiger partial charge in [0.15, 0.2) is 0 Å². The average Bonchev–Trinajstić information content (AvgIpc) is 2.03. The van der Waals surface area contributed by atoms with E-state index < -0.39 is 17.3 Å². The smallest absolute Gasteiger partial charge is 0.338 e. The quantitative estimate of drug-likeness (QED) is 0.695. The first-order valence-electron chi connectivity index (χ1n) is 3.48.